The topological polar surface area (TPSA) is 75.6 Å². The minimum absolute atomic E-state index is 0.0444. The minimum Gasteiger partial charge on any atom is -0.481 e. The number of carbonyl (C=O) groups is 2. The fourth-order valence-corrected chi connectivity index (χ4v) is 4.25. The van der Waals surface area contributed by atoms with Crippen LogP contribution in [-0.4, -0.2) is 30.3 Å². The molecule has 1 aliphatic carbocycles. The van der Waals surface area contributed by atoms with Gasteiger partial charge in [0.2, 0.25) is 0 Å². The first-order valence-electron chi connectivity index (χ1n) is 10.1. The lowest BCUT2D eigenvalue weighted by Gasteiger charge is -2.17. The number of rotatable bonds is 7. The lowest BCUT2D eigenvalue weighted by atomic mass is 9.98. The van der Waals surface area contributed by atoms with Crippen molar-refractivity contribution in [1.82, 2.24) is 5.32 Å². The van der Waals surface area contributed by atoms with Gasteiger partial charge in [-0.25, -0.2) is 4.79 Å². The molecule has 1 aliphatic rings. The molecule has 3 aromatic rings. The number of carboxylic acids is 1. The van der Waals surface area contributed by atoms with Gasteiger partial charge in [0.05, 0.1) is 5.92 Å². The predicted octanol–water partition coefficient (Wildman–Crippen LogP) is 5.12. The Balaban J connectivity index is 1.37. The summed E-state index contributed by atoms with van der Waals surface area (Å²) in [5.74, 6) is -1.85. The first-order chi connectivity index (χ1) is 15.0. The van der Waals surface area contributed by atoms with Crippen molar-refractivity contribution in [1.29, 1.82) is 0 Å². The van der Waals surface area contributed by atoms with Crippen molar-refractivity contribution in [3.8, 4) is 11.1 Å². The number of carbonyl (C=O) groups excluding carboxylic acids is 1. The van der Waals surface area contributed by atoms with Gasteiger partial charge in [-0.05, 0) is 40.3 Å². The maximum absolute atomic E-state index is 12.3. The molecule has 1 atom stereocenters. The number of hydrogen-bond acceptors (Lipinski definition) is 3. The zero-order valence-corrected chi connectivity index (χ0v) is 17.5. The minimum atomic E-state index is -1.00. The molecule has 0 unspecified atom stereocenters. The van der Waals surface area contributed by atoms with E-state index in [0.29, 0.717) is 5.02 Å². The van der Waals surface area contributed by atoms with Gasteiger partial charge in [-0.3, -0.25) is 4.79 Å². The van der Waals surface area contributed by atoms with Crippen LogP contribution < -0.4 is 5.32 Å². The molecule has 0 bridgehead atoms. The summed E-state index contributed by atoms with van der Waals surface area (Å²) in [5.41, 5.74) is 5.28. The van der Waals surface area contributed by atoms with Crippen LogP contribution in [0.3, 0.4) is 0 Å². The van der Waals surface area contributed by atoms with E-state index in [9.17, 15) is 14.7 Å². The fourth-order valence-electron chi connectivity index (χ4n) is 4.03. The number of fused-ring (bicyclic) bond motifs is 3. The molecule has 0 saturated heterocycles. The Morgan fingerprint density at radius 3 is 2.13 bits per heavy atom. The summed E-state index contributed by atoms with van der Waals surface area (Å²) in [6.07, 6.45) is -0.411. The molecule has 6 heteroatoms. The highest BCUT2D eigenvalue weighted by Gasteiger charge is 2.29. The third-order valence-corrected chi connectivity index (χ3v) is 5.98. The van der Waals surface area contributed by atoms with Crippen LogP contribution >= 0.6 is 11.6 Å². The van der Waals surface area contributed by atoms with E-state index in [1.165, 1.54) is 0 Å². The van der Waals surface area contributed by atoms with Crippen LogP contribution in [0.5, 0.6) is 0 Å². The molecule has 0 heterocycles. The number of alkyl carbamates (subject to hydrolysis) is 1. The van der Waals surface area contributed by atoms with Crippen LogP contribution in [0.4, 0.5) is 4.79 Å². The summed E-state index contributed by atoms with van der Waals surface area (Å²) in [5, 5.41) is 12.6. The maximum atomic E-state index is 12.3. The third-order valence-electron chi connectivity index (χ3n) is 5.61. The van der Waals surface area contributed by atoms with Crippen LogP contribution in [0.1, 0.15) is 22.6 Å². The molecule has 0 aliphatic heterocycles. The molecule has 0 spiro atoms. The first kappa shape index (κ1) is 20.9. The lowest BCUT2D eigenvalue weighted by Crippen LogP contribution is -2.35. The average molecular weight is 436 g/mol. The van der Waals surface area contributed by atoms with Crippen LogP contribution in [-0.2, 0) is 16.0 Å². The number of ether oxygens (including phenoxy) is 1. The SMILES string of the molecule is O=C(NC[C@H](Cc1ccccc1Cl)C(=O)O)OCC1c2ccccc2-c2ccccc21. The largest absolute Gasteiger partial charge is 0.481 e. The van der Waals surface area contributed by atoms with Crippen molar-refractivity contribution in [3.05, 3.63) is 94.5 Å². The summed E-state index contributed by atoms with van der Waals surface area (Å²) < 4.78 is 5.47. The summed E-state index contributed by atoms with van der Waals surface area (Å²) in [6, 6.07) is 23.3. The highest BCUT2D eigenvalue weighted by atomic mass is 35.5. The normalized spacial score (nSPS) is 13.2. The molecule has 31 heavy (non-hydrogen) atoms. The summed E-state index contributed by atoms with van der Waals surface area (Å²) >= 11 is 6.14. The van der Waals surface area contributed by atoms with E-state index >= 15 is 0 Å². The summed E-state index contributed by atoms with van der Waals surface area (Å²) in [7, 11) is 0. The number of halogens is 1. The first-order valence-corrected chi connectivity index (χ1v) is 10.5. The highest BCUT2D eigenvalue weighted by molar-refractivity contribution is 6.31. The molecule has 3 aromatic carbocycles. The van der Waals surface area contributed by atoms with Crippen molar-refractivity contribution >= 4 is 23.7 Å². The smallest absolute Gasteiger partial charge is 0.407 e. The van der Waals surface area contributed by atoms with Gasteiger partial charge in [0.15, 0.2) is 0 Å². The molecule has 0 fully saturated rings. The van der Waals surface area contributed by atoms with E-state index in [0.717, 1.165) is 27.8 Å². The summed E-state index contributed by atoms with van der Waals surface area (Å²) in [4.78, 5) is 24.0. The second-order valence-corrected chi connectivity index (χ2v) is 7.94. The van der Waals surface area contributed by atoms with Crippen LogP contribution in [0.25, 0.3) is 11.1 Å². The highest BCUT2D eigenvalue weighted by Crippen LogP contribution is 2.44. The number of aliphatic carboxylic acids is 1. The molecular weight excluding hydrogens is 414 g/mol. The van der Waals surface area contributed by atoms with Crippen LogP contribution in [0, 0.1) is 5.92 Å². The molecule has 158 valence electrons. The van der Waals surface area contributed by atoms with Gasteiger partial charge in [0.25, 0.3) is 0 Å². The fraction of sp³-hybridized carbons (Fsp3) is 0.200. The van der Waals surface area contributed by atoms with Gasteiger partial charge in [0.1, 0.15) is 6.61 Å². The number of amides is 1. The quantitative estimate of drug-likeness (QED) is 0.540. The maximum Gasteiger partial charge on any atom is 0.407 e. The van der Waals surface area contributed by atoms with Crippen LogP contribution in [0.15, 0.2) is 72.8 Å². The molecule has 0 saturated carbocycles. The van der Waals surface area contributed by atoms with Crippen molar-refractivity contribution < 1.29 is 19.4 Å². The Hall–Kier alpha value is -3.31. The molecular formula is C25H22ClNO4. The van der Waals surface area contributed by atoms with Crippen molar-refractivity contribution in [3.63, 3.8) is 0 Å². The summed E-state index contributed by atoms with van der Waals surface area (Å²) in [6.45, 7) is 0.138. The van der Waals surface area contributed by atoms with E-state index in [1.54, 1.807) is 24.3 Å². The van der Waals surface area contributed by atoms with E-state index in [4.69, 9.17) is 16.3 Å². The van der Waals surface area contributed by atoms with E-state index < -0.39 is 18.0 Å². The zero-order chi connectivity index (χ0) is 21.8. The Bertz CT molecular complexity index is 1070. The average Bonchev–Trinajstić information content (AvgIpc) is 3.10. The molecule has 0 aromatic heterocycles. The third kappa shape index (κ3) is 4.57. The molecule has 1 amide bonds. The van der Waals surface area contributed by atoms with Gasteiger partial charge in [-0.15, -0.1) is 0 Å². The van der Waals surface area contributed by atoms with E-state index in [1.807, 2.05) is 36.4 Å². The van der Waals surface area contributed by atoms with Gasteiger partial charge >= 0.3 is 12.1 Å². The Morgan fingerprint density at radius 1 is 0.935 bits per heavy atom. The van der Waals surface area contributed by atoms with Crippen molar-refractivity contribution in [2.24, 2.45) is 5.92 Å². The van der Waals surface area contributed by atoms with E-state index in [2.05, 4.69) is 17.4 Å². The van der Waals surface area contributed by atoms with E-state index in [-0.39, 0.29) is 25.5 Å². The number of carboxylic acid groups (broad SMARTS) is 1. The second kappa shape index (κ2) is 9.23. The standard InChI is InChI=1S/C25H22ClNO4/c26-23-12-6-1-7-16(23)13-17(24(28)29)14-27-25(30)31-15-22-20-10-4-2-8-18(20)19-9-3-5-11-21(19)22/h1-12,17,22H,13-15H2,(H,27,30)(H,28,29)/t17-/m0/s1. The number of nitrogens with one attached hydrogen (secondary N) is 1. The van der Waals surface area contributed by atoms with Gasteiger partial charge in [0, 0.05) is 17.5 Å². The molecule has 0 radical (unpaired) electrons. The molecule has 4 rings (SSSR count). The van der Waals surface area contributed by atoms with Crippen LogP contribution in [0.2, 0.25) is 5.02 Å². The zero-order valence-electron chi connectivity index (χ0n) is 16.8. The monoisotopic (exact) mass is 435 g/mol. The molecule has 2 N–H and O–H groups in total. The molecule has 5 nitrogen and oxygen atoms in total. The number of benzene rings is 3. The Labute approximate surface area is 185 Å². The second-order valence-electron chi connectivity index (χ2n) is 7.54. The van der Waals surface area contributed by atoms with Gasteiger partial charge in [-0.1, -0.05) is 78.3 Å². The Kier molecular flexibility index (Phi) is 6.23. The van der Waals surface area contributed by atoms with Gasteiger partial charge < -0.3 is 15.2 Å². The van der Waals surface area contributed by atoms with Gasteiger partial charge in [-0.2, -0.15) is 0 Å². The van der Waals surface area contributed by atoms with Crippen molar-refractivity contribution in [2.45, 2.75) is 12.3 Å². The Morgan fingerprint density at radius 2 is 1.52 bits per heavy atom. The number of hydrogen-bond donors (Lipinski definition) is 2. The predicted molar refractivity (Wildman–Crippen MR) is 119 cm³/mol. The van der Waals surface area contributed by atoms with Crippen molar-refractivity contribution in [2.75, 3.05) is 13.2 Å². The lowest BCUT2D eigenvalue weighted by molar-refractivity contribution is -0.141.